The summed E-state index contributed by atoms with van der Waals surface area (Å²) in [6.07, 6.45) is -9.97. The molecule has 1 aliphatic rings. The third kappa shape index (κ3) is 7.30. The third-order valence-electron chi connectivity index (χ3n) is 6.67. The maximum absolute atomic E-state index is 13.7. The average molecular weight is 559 g/mol. The van der Waals surface area contributed by atoms with Gasteiger partial charge in [-0.15, -0.1) is 0 Å². The van der Waals surface area contributed by atoms with Gasteiger partial charge in [-0.2, -0.15) is 26.3 Å². The first-order valence-electron chi connectivity index (χ1n) is 12.3. The molecule has 2 aromatic rings. The molecule has 12 heteroatoms. The van der Waals surface area contributed by atoms with Crippen LogP contribution in [0.4, 0.5) is 32.0 Å². The maximum atomic E-state index is 13.7. The molecule has 6 nitrogen and oxygen atoms in total. The molecule has 2 amide bonds. The Morgan fingerprint density at radius 3 is 2.23 bits per heavy atom. The molecule has 3 rings (SSSR count). The molecule has 0 saturated heterocycles. The second-order valence-corrected chi connectivity index (χ2v) is 10.5. The number of fused-ring (bicyclic) bond motifs is 1. The van der Waals surface area contributed by atoms with Crippen LogP contribution in [0.15, 0.2) is 42.5 Å². The number of amides is 2. The Labute approximate surface area is 223 Å². The number of anilines is 1. The van der Waals surface area contributed by atoms with Gasteiger partial charge in [-0.05, 0) is 42.9 Å². The van der Waals surface area contributed by atoms with Crippen molar-refractivity contribution in [3.8, 4) is 0 Å². The number of likely N-dealkylation sites (N-methyl/N-ethyl adjacent to an activating group) is 1. The summed E-state index contributed by atoms with van der Waals surface area (Å²) in [4.78, 5) is 29.3. The normalized spacial score (nSPS) is 15.2. The largest absolute Gasteiger partial charge is 0.471 e. The van der Waals surface area contributed by atoms with Crippen molar-refractivity contribution < 1.29 is 35.9 Å². The molecule has 214 valence electrons. The summed E-state index contributed by atoms with van der Waals surface area (Å²) in [7, 11) is 3.38. The van der Waals surface area contributed by atoms with E-state index in [0.29, 0.717) is 17.0 Å². The lowest BCUT2D eigenvalue weighted by Crippen LogP contribution is -2.49. The van der Waals surface area contributed by atoms with Gasteiger partial charge in [0.25, 0.3) is 0 Å². The van der Waals surface area contributed by atoms with Gasteiger partial charge in [-0.25, -0.2) is 0 Å². The average Bonchev–Trinajstić information content (AvgIpc) is 2.83. The van der Waals surface area contributed by atoms with Crippen LogP contribution in [0.25, 0.3) is 0 Å². The van der Waals surface area contributed by atoms with E-state index < -0.39 is 48.2 Å². The van der Waals surface area contributed by atoms with Gasteiger partial charge in [0.05, 0.1) is 5.56 Å². The first-order valence-corrected chi connectivity index (χ1v) is 12.3. The molecule has 1 heterocycles. The highest BCUT2D eigenvalue weighted by Crippen LogP contribution is 2.37. The second-order valence-electron chi connectivity index (χ2n) is 10.5. The molecule has 0 atom stereocenters. The van der Waals surface area contributed by atoms with Gasteiger partial charge >= 0.3 is 18.3 Å². The predicted octanol–water partition coefficient (Wildman–Crippen LogP) is 4.57. The quantitative estimate of drug-likeness (QED) is 0.483. The van der Waals surface area contributed by atoms with Gasteiger partial charge in [0.1, 0.15) is 6.54 Å². The van der Waals surface area contributed by atoms with Crippen molar-refractivity contribution in [3.63, 3.8) is 0 Å². The first kappa shape index (κ1) is 30.4. The zero-order valence-corrected chi connectivity index (χ0v) is 22.2. The van der Waals surface area contributed by atoms with Crippen LogP contribution in [0.5, 0.6) is 0 Å². The van der Waals surface area contributed by atoms with Crippen LogP contribution >= 0.6 is 0 Å². The molecule has 0 radical (unpaired) electrons. The van der Waals surface area contributed by atoms with Crippen LogP contribution < -0.4 is 10.2 Å². The summed E-state index contributed by atoms with van der Waals surface area (Å²) in [5, 5.41) is 3.14. The summed E-state index contributed by atoms with van der Waals surface area (Å²) >= 11 is 0. The first-order chi connectivity index (χ1) is 18.0. The lowest BCUT2D eigenvalue weighted by Gasteiger charge is -2.37. The molecule has 0 saturated carbocycles. The highest BCUT2D eigenvalue weighted by molar-refractivity contribution is 6.02. The molecule has 0 spiro atoms. The number of carbonyl (C=O) groups is 2. The molecule has 0 aliphatic carbocycles. The minimum atomic E-state index is -5.28. The van der Waals surface area contributed by atoms with Crippen molar-refractivity contribution in [1.29, 1.82) is 0 Å². The van der Waals surface area contributed by atoms with Crippen LogP contribution in [0.2, 0.25) is 0 Å². The summed E-state index contributed by atoms with van der Waals surface area (Å²) in [6, 6.07) is 9.37. The fourth-order valence-electron chi connectivity index (χ4n) is 4.65. The number of hydrogen-bond acceptors (Lipinski definition) is 4. The van der Waals surface area contributed by atoms with Crippen LogP contribution in [0, 0.1) is 0 Å². The molecule has 0 fully saturated rings. The number of carbonyl (C=O) groups excluding carboxylic acids is 2. The topological polar surface area (TPSA) is 55.9 Å². The molecule has 2 aromatic carbocycles. The Hall–Kier alpha value is -3.12. The zero-order chi connectivity index (χ0) is 29.2. The Bertz CT molecular complexity index is 1190. The van der Waals surface area contributed by atoms with E-state index in [4.69, 9.17) is 0 Å². The summed E-state index contributed by atoms with van der Waals surface area (Å²) in [5.41, 5.74) is -0.447. The van der Waals surface area contributed by atoms with Crippen molar-refractivity contribution >= 4 is 17.5 Å². The molecule has 0 aromatic heterocycles. The van der Waals surface area contributed by atoms with Crippen LogP contribution in [0.1, 0.15) is 36.1 Å². The van der Waals surface area contributed by atoms with Crippen molar-refractivity contribution in [3.05, 3.63) is 64.7 Å². The minimum absolute atomic E-state index is 0.0619. The fourth-order valence-corrected chi connectivity index (χ4v) is 4.65. The third-order valence-corrected chi connectivity index (χ3v) is 6.67. The van der Waals surface area contributed by atoms with E-state index in [-0.39, 0.29) is 30.9 Å². The van der Waals surface area contributed by atoms with Gasteiger partial charge in [0.2, 0.25) is 5.91 Å². The number of hydrogen-bond donors (Lipinski definition) is 1. The summed E-state index contributed by atoms with van der Waals surface area (Å²) < 4.78 is 82.1. The zero-order valence-electron chi connectivity index (χ0n) is 22.2. The minimum Gasteiger partial charge on any atom is -0.336 e. The Kier molecular flexibility index (Phi) is 9.01. The second kappa shape index (κ2) is 11.5. The maximum Gasteiger partial charge on any atom is 0.471 e. The van der Waals surface area contributed by atoms with Gasteiger partial charge in [0, 0.05) is 43.8 Å². The van der Waals surface area contributed by atoms with E-state index in [1.807, 2.05) is 13.8 Å². The van der Waals surface area contributed by atoms with E-state index in [0.717, 1.165) is 16.5 Å². The number of nitrogens with zero attached hydrogens (tertiary/aromatic N) is 3. The molecular formula is C27H32F6N4O2. The van der Waals surface area contributed by atoms with Gasteiger partial charge in [-0.3, -0.25) is 14.5 Å². The van der Waals surface area contributed by atoms with E-state index in [9.17, 15) is 35.9 Å². The van der Waals surface area contributed by atoms with Crippen LogP contribution in [0.3, 0.4) is 0 Å². The number of rotatable bonds is 8. The number of benzene rings is 2. The Morgan fingerprint density at radius 2 is 1.62 bits per heavy atom. The van der Waals surface area contributed by atoms with Crippen molar-refractivity contribution in [1.82, 2.24) is 15.1 Å². The Morgan fingerprint density at radius 1 is 0.949 bits per heavy atom. The van der Waals surface area contributed by atoms with Crippen molar-refractivity contribution in [2.24, 2.45) is 0 Å². The number of halogens is 6. The lowest BCUT2D eigenvalue weighted by atomic mass is 9.78. The number of alkyl halides is 6. The van der Waals surface area contributed by atoms with E-state index in [1.165, 1.54) is 30.3 Å². The van der Waals surface area contributed by atoms with Crippen LogP contribution in [-0.2, 0) is 34.3 Å². The highest BCUT2D eigenvalue weighted by Gasteiger charge is 2.45. The molecule has 1 aliphatic heterocycles. The fraction of sp³-hybridized carbons (Fsp3) is 0.481. The number of nitrogens with one attached hydrogen (secondary N) is 1. The Balaban J connectivity index is 2.02. The SMILES string of the molecule is CN(C)CCN(Cc1ccccc1C(F)(F)F)C(=O)CN(C(=O)C(F)(F)F)c1cccc2c1CNCC2(C)C. The molecule has 0 unspecified atom stereocenters. The summed E-state index contributed by atoms with van der Waals surface area (Å²) in [5.74, 6) is -3.14. The monoisotopic (exact) mass is 558 g/mol. The molecule has 0 bridgehead atoms. The van der Waals surface area contributed by atoms with E-state index in [1.54, 1.807) is 25.1 Å². The van der Waals surface area contributed by atoms with Crippen LogP contribution in [-0.4, -0.2) is 68.1 Å². The lowest BCUT2D eigenvalue weighted by molar-refractivity contribution is -0.170. The molecule has 1 N–H and O–H groups in total. The van der Waals surface area contributed by atoms with Gasteiger partial charge in [-0.1, -0.05) is 44.2 Å². The molecule has 39 heavy (non-hydrogen) atoms. The van der Waals surface area contributed by atoms with Crippen molar-refractivity contribution in [2.45, 2.75) is 44.7 Å². The molecular weight excluding hydrogens is 526 g/mol. The van der Waals surface area contributed by atoms with Gasteiger partial charge in [0.15, 0.2) is 0 Å². The standard InChI is InChI=1S/C27H32F6N4O2/c1-25(2)17-34-14-19-21(25)10-7-11-22(19)37(24(39)27(31,32)33)16-23(38)36(13-12-35(3)4)15-18-8-5-6-9-20(18)26(28,29)30/h5-11,34H,12-17H2,1-4H3. The summed E-state index contributed by atoms with van der Waals surface area (Å²) in [6.45, 7) is 3.27. The van der Waals surface area contributed by atoms with E-state index >= 15 is 0 Å². The van der Waals surface area contributed by atoms with Gasteiger partial charge < -0.3 is 15.1 Å². The smallest absolute Gasteiger partial charge is 0.336 e. The van der Waals surface area contributed by atoms with Crippen molar-refractivity contribution in [2.75, 3.05) is 45.2 Å². The predicted molar refractivity (Wildman–Crippen MR) is 135 cm³/mol. The van der Waals surface area contributed by atoms with E-state index in [2.05, 4.69) is 5.32 Å². The highest BCUT2D eigenvalue weighted by atomic mass is 19.4.